The second-order valence-corrected chi connectivity index (χ2v) is 8.49. The summed E-state index contributed by atoms with van der Waals surface area (Å²) in [5.74, 6) is -1.13. The zero-order valence-corrected chi connectivity index (χ0v) is 18.9. The van der Waals surface area contributed by atoms with E-state index in [0.29, 0.717) is 6.42 Å². The minimum atomic E-state index is -4.55. The molecule has 0 aromatic heterocycles. The van der Waals surface area contributed by atoms with Crippen molar-refractivity contribution in [3.63, 3.8) is 0 Å². The molecule has 0 rings (SSSR count). The molecule has 0 spiro atoms. The molecular weight excluding hydrogens is 419 g/mol. The summed E-state index contributed by atoms with van der Waals surface area (Å²) in [5, 5.41) is 17.8. The van der Waals surface area contributed by atoms with Gasteiger partial charge in [0.2, 0.25) is 0 Å². The van der Waals surface area contributed by atoms with Crippen LogP contribution in [-0.4, -0.2) is 65.7 Å². The molecule has 0 heterocycles. The Hall–Kier alpha value is -1.03. The van der Waals surface area contributed by atoms with Crippen LogP contribution >= 0.6 is 7.82 Å². The number of hydrogen-bond donors (Lipinski definition) is 3. The van der Waals surface area contributed by atoms with Gasteiger partial charge in [-0.2, -0.15) is 0 Å². The maximum absolute atomic E-state index is 12.0. The molecule has 1 unspecified atom stereocenters. The van der Waals surface area contributed by atoms with Gasteiger partial charge in [0.1, 0.15) is 12.7 Å². The van der Waals surface area contributed by atoms with E-state index in [2.05, 4.69) is 11.4 Å². The molecule has 0 aliphatic carbocycles. The van der Waals surface area contributed by atoms with Crippen LogP contribution in [0.1, 0.15) is 71.6 Å². The number of esters is 2. The van der Waals surface area contributed by atoms with Crippen LogP contribution in [0.25, 0.3) is 0 Å². The van der Waals surface area contributed by atoms with Crippen LogP contribution in [0.15, 0.2) is 0 Å². The highest BCUT2D eigenvalue weighted by atomic mass is 31.2. The molecule has 3 N–H and O–H groups in total. The van der Waals surface area contributed by atoms with Crippen LogP contribution in [-0.2, 0) is 32.7 Å². The van der Waals surface area contributed by atoms with E-state index in [1.807, 2.05) is 0 Å². The number of phosphoric ester groups is 1. The number of aliphatic hydroxyl groups is 2. The summed E-state index contributed by atoms with van der Waals surface area (Å²) >= 11 is 0. The molecule has 0 saturated heterocycles. The molecule has 0 aromatic rings. The van der Waals surface area contributed by atoms with Gasteiger partial charge in [0, 0.05) is 13.3 Å². The smallest absolute Gasteiger partial charge is 0.462 e. The van der Waals surface area contributed by atoms with Crippen molar-refractivity contribution in [3.05, 3.63) is 0 Å². The van der Waals surface area contributed by atoms with Gasteiger partial charge in [0.25, 0.3) is 0 Å². The first-order valence-corrected chi connectivity index (χ1v) is 11.9. The molecule has 0 aromatic carbocycles. The van der Waals surface area contributed by atoms with Gasteiger partial charge in [0.15, 0.2) is 6.10 Å². The van der Waals surface area contributed by atoms with Gasteiger partial charge >= 0.3 is 19.8 Å². The van der Waals surface area contributed by atoms with E-state index in [1.165, 1.54) is 32.6 Å². The Labute approximate surface area is 178 Å². The Morgan fingerprint density at radius 3 is 2.07 bits per heavy atom. The Balaban J connectivity index is 4.29. The van der Waals surface area contributed by atoms with E-state index < -0.39 is 51.8 Å². The Morgan fingerprint density at radius 2 is 1.50 bits per heavy atom. The van der Waals surface area contributed by atoms with Crippen LogP contribution in [0, 0.1) is 0 Å². The largest absolute Gasteiger partial charge is 0.472 e. The topological polar surface area (TPSA) is 149 Å². The van der Waals surface area contributed by atoms with Crippen molar-refractivity contribution in [3.8, 4) is 0 Å². The molecule has 0 fully saturated rings. The van der Waals surface area contributed by atoms with Gasteiger partial charge in [-0.05, 0) is 6.42 Å². The molecule has 11 heteroatoms. The van der Waals surface area contributed by atoms with Gasteiger partial charge in [0.05, 0.1) is 19.8 Å². The van der Waals surface area contributed by atoms with Gasteiger partial charge in [-0.1, -0.05) is 51.9 Å². The van der Waals surface area contributed by atoms with Crippen molar-refractivity contribution in [1.82, 2.24) is 0 Å². The SMILES string of the molecule is CCCCCCCCCCC(=O)O[C@H](COC(C)=O)COP(=O)(O)OC[C@@H](O)CO. The standard InChI is InChI=1S/C19H37O10P/c1-3-4-5-6-7-8-9-10-11-19(23)29-18(14-26-16(2)21)15-28-30(24,25)27-13-17(22)12-20/h17-18,20,22H,3-15H2,1-2H3,(H,24,25)/t17-,18+/m0/s1. The summed E-state index contributed by atoms with van der Waals surface area (Å²) in [6.45, 7) is 1.20. The average Bonchev–Trinajstić information content (AvgIpc) is 2.70. The van der Waals surface area contributed by atoms with Crippen molar-refractivity contribution < 1.29 is 47.8 Å². The maximum Gasteiger partial charge on any atom is 0.472 e. The molecule has 0 radical (unpaired) electrons. The lowest BCUT2D eigenvalue weighted by molar-refractivity contribution is -0.160. The molecule has 0 saturated carbocycles. The molecule has 30 heavy (non-hydrogen) atoms. The van der Waals surface area contributed by atoms with E-state index >= 15 is 0 Å². The van der Waals surface area contributed by atoms with Crippen molar-refractivity contribution in [2.24, 2.45) is 0 Å². The van der Waals surface area contributed by atoms with Crippen LogP contribution in [0.5, 0.6) is 0 Å². The van der Waals surface area contributed by atoms with E-state index in [1.54, 1.807) is 0 Å². The Kier molecular flexibility index (Phi) is 17.0. The van der Waals surface area contributed by atoms with Crippen LogP contribution < -0.4 is 0 Å². The molecular formula is C19H37O10P. The van der Waals surface area contributed by atoms with Crippen molar-refractivity contribution in [2.75, 3.05) is 26.4 Å². The van der Waals surface area contributed by atoms with E-state index in [0.717, 1.165) is 19.3 Å². The molecule has 0 bridgehead atoms. The van der Waals surface area contributed by atoms with Crippen LogP contribution in [0.4, 0.5) is 0 Å². The third-order valence-electron chi connectivity index (χ3n) is 4.07. The third kappa shape index (κ3) is 17.8. The lowest BCUT2D eigenvalue weighted by Gasteiger charge is -2.20. The molecule has 0 aliphatic heterocycles. The molecule has 178 valence electrons. The second-order valence-electron chi connectivity index (χ2n) is 7.04. The first-order valence-electron chi connectivity index (χ1n) is 10.4. The van der Waals surface area contributed by atoms with E-state index in [9.17, 15) is 19.0 Å². The summed E-state index contributed by atoms with van der Waals surface area (Å²) in [4.78, 5) is 32.6. The quantitative estimate of drug-likeness (QED) is 0.150. The van der Waals surface area contributed by atoms with Crippen LogP contribution in [0.3, 0.4) is 0 Å². The number of carbonyl (C=O) groups excluding carboxylic acids is 2. The number of carbonyl (C=O) groups is 2. The highest BCUT2D eigenvalue weighted by Crippen LogP contribution is 2.43. The lowest BCUT2D eigenvalue weighted by atomic mass is 10.1. The van der Waals surface area contributed by atoms with Crippen LogP contribution in [0.2, 0.25) is 0 Å². The molecule has 0 amide bonds. The first kappa shape index (κ1) is 29.0. The number of ether oxygens (including phenoxy) is 2. The molecule has 3 atom stereocenters. The Bertz CT molecular complexity index is 514. The average molecular weight is 456 g/mol. The number of phosphoric acid groups is 1. The number of rotatable bonds is 19. The maximum atomic E-state index is 12.0. The van der Waals surface area contributed by atoms with Crippen molar-refractivity contribution in [2.45, 2.75) is 83.8 Å². The van der Waals surface area contributed by atoms with Gasteiger partial charge in [-0.15, -0.1) is 0 Å². The summed E-state index contributed by atoms with van der Waals surface area (Å²) in [7, 11) is -4.55. The minimum Gasteiger partial charge on any atom is -0.462 e. The monoisotopic (exact) mass is 456 g/mol. The zero-order chi connectivity index (χ0) is 22.8. The normalized spacial score (nSPS) is 15.2. The summed E-state index contributed by atoms with van der Waals surface area (Å²) in [5.41, 5.74) is 0. The summed E-state index contributed by atoms with van der Waals surface area (Å²) in [6.07, 6.45) is 6.37. The predicted octanol–water partition coefficient (Wildman–Crippen LogP) is 2.48. The third-order valence-corrected chi connectivity index (χ3v) is 5.02. The molecule has 0 aliphatic rings. The van der Waals surface area contributed by atoms with E-state index in [4.69, 9.17) is 24.2 Å². The highest BCUT2D eigenvalue weighted by Gasteiger charge is 2.26. The fourth-order valence-electron chi connectivity index (χ4n) is 2.42. The van der Waals surface area contributed by atoms with Gasteiger partial charge < -0.3 is 24.6 Å². The van der Waals surface area contributed by atoms with Gasteiger partial charge in [-0.25, -0.2) is 4.57 Å². The zero-order valence-electron chi connectivity index (χ0n) is 18.0. The second kappa shape index (κ2) is 17.6. The molecule has 10 nitrogen and oxygen atoms in total. The fourth-order valence-corrected chi connectivity index (χ4v) is 3.21. The Morgan fingerprint density at radius 1 is 0.933 bits per heavy atom. The number of aliphatic hydroxyl groups excluding tert-OH is 2. The van der Waals surface area contributed by atoms with E-state index in [-0.39, 0.29) is 13.0 Å². The fraction of sp³-hybridized carbons (Fsp3) is 0.895. The summed E-state index contributed by atoms with van der Waals surface area (Å²) in [6, 6.07) is 0. The van der Waals surface area contributed by atoms with Gasteiger partial charge in [-0.3, -0.25) is 18.6 Å². The van der Waals surface area contributed by atoms with Crippen molar-refractivity contribution in [1.29, 1.82) is 0 Å². The predicted molar refractivity (Wildman–Crippen MR) is 109 cm³/mol. The minimum absolute atomic E-state index is 0.182. The highest BCUT2D eigenvalue weighted by molar-refractivity contribution is 7.47. The lowest BCUT2D eigenvalue weighted by Crippen LogP contribution is -2.29. The number of unbranched alkanes of at least 4 members (excludes halogenated alkanes) is 7. The summed E-state index contributed by atoms with van der Waals surface area (Å²) < 4.78 is 31.0. The van der Waals surface area contributed by atoms with Crippen molar-refractivity contribution >= 4 is 19.8 Å². The first-order chi connectivity index (χ1) is 14.2. The number of hydrogen-bond acceptors (Lipinski definition) is 9.